The second-order valence-corrected chi connectivity index (χ2v) is 8.33. The Bertz CT molecular complexity index is 953. The zero-order chi connectivity index (χ0) is 20.1. The summed E-state index contributed by atoms with van der Waals surface area (Å²) in [4.78, 5) is 26.7. The Morgan fingerprint density at radius 3 is 2.57 bits per heavy atom. The molecule has 2 aliphatic rings. The molecule has 5 heteroatoms. The number of nitrogens with zero attached hydrogens (tertiary/aromatic N) is 1. The molecule has 2 aromatic carbocycles. The van der Waals surface area contributed by atoms with Crippen LogP contribution >= 0.6 is 0 Å². The van der Waals surface area contributed by atoms with Crippen LogP contribution in [-0.2, 0) is 11.8 Å². The zero-order valence-corrected chi connectivity index (χ0v) is 16.2. The smallest absolute Gasteiger partial charge is 0.336 e. The summed E-state index contributed by atoms with van der Waals surface area (Å²) >= 11 is 0. The second kappa shape index (κ2) is 6.66. The van der Waals surface area contributed by atoms with Crippen molar-refractivity contribution in [3.8, 4) is 5.75 Å². The van der Waals surface area contributed by atoms with E-state index in [1.807, 2.05) is 12.1 Å². The summed E-state index contributed by atoms with van der Waals surface area (Å²) in [6.07, 6.45) is 3.93. The van der Waals surface area contributed by atoms with E-state index in [0.29, 0.717) is 5.92 Å². The number of carbonyl (C=O) groups is 2. The highest BCUT2D eigenvalue weighted by Crippen LogP contribution is 2.51. The van der Waals surface area contributed by atoms with Crippen LogP contribution in [0.5, 0.6) is 5.75 Å². The first-order valence-corrected chi connectivity index (χ1v) is 9.75. The molecule has 1 saturated carbocycles. The molecule has 28 heavy (non-hydrogen) atoms. The number of hydrogen-bond acceptors (Lipinski definition) is 3. The molecule has 3 atom stereocenters. The first-order valence-electron chi connectivity index (χ1n) is 9.75. The SMILES string of the molecule is CN(C(=O)c1ccccc1C(=O)O)[C@H]1C2CCC[C@]1(C)c1cc(O)ccc1C2. The largest absolute Gasteiger partial charge is 0.508 e. The van der Waals surface area contributed by atoms with Crippen molar-refractivity contribution in [3.63, 3.8) is 0 Å². The molecule has 0 aromatic heterocycles. The maximum absolute atomic E-state index is 13.3. The molecular weight excluding hydrogens is 354 g/mol. The lowest BCUT2D eigenvalue weighted by molar-refractivity contribution is 0.0332. The maximum Gasteiger partial charge on any atom is 0.336 e. The number of hydrogen-bond donors (Lipinski definition) is 2. The molecule has 0 aliphatic heterocycles. The molecule has 1 amide bonds. The summed E-state index contributed by atoms with van der Waals surface area (Å²) in [7, 11) is 1.79. The number of rotatable bonds is 3. The summed E-state index contributed by atoms with van der Waals surface area (Å²) in [5.74, 6) is -0.790. The number of carboxylic acid groups (broad SMARTS) is 1. The maximum atomic E-state index is 13.3. The lowest BCUT2D eigenvalue weighted by Crippen LogP contribution is -2.58. The number of benzene rings is 2. The minimum Gasteiger partial charge on any atom is -0.508 e. The topological polar surface area (TPSA) is 77.8 Å². The molecule has 2 N–H and O–H groups in total. The molecule has 2 bridgehead atoms. The van der Waals surface area contributed by atoms with Crippen molar-refractivity contribution in [2.75, 3.05) is 7.05 Å². The van der Waals surface area contributed by atoms with Crippen LogP contribution in [0.25, 0.3) is 0 Å². The van der Waals surface area contributed by atoms with Gasteiger partial charge in [-0.3, -0.25) is 4.79 Å². The summed E-state index contributed by atoms with van der Waals surface area (Å²) in [6, 6.07) is 11.9. The molecule has 146 valence electrons. The Morgan fingerprint density at radius 1 is 1.14 bits per heavy atom. The highest BCUT2D eigenvalue weighted by Gasteiger charge is 2.50. The van der Waals surface area contributed by atoms with Gasteiger partial charge in [0, 0.05) is 18.5 Å². The Morgan fingerprint density at radius 2 is 1.86 bits per heavy atom. The van der Waals surface area contributed by atoms with E-state index in [4.69, 9.17) is 0 Å². The lowest BCUT2D eigenvalue weighted by Gasteiger charge is -2.54. The number of aromatic carboxylic acids is 1. The van der Waals surface area contributed by atoms with Crippen molar-refractivity contribution < 1.29 is 19.8 Å². The fourth-order valence-corrected chi connectivity index (χ4v) is 5.54. The van der Waals surface area contributed by atoms with E-state index in [1.165, 1.54) is 11.6 Å². The average Bonchev–Trinajstić information content (AvgIpc) is 2.67. The number of fused-ring (bicyclic) bond motifs is 4. The third-order valence-electron chi connectivity index (χ3n) is 6.69. The summed E-state index contributed by atoms with van der Waals surface area (Å²) in [5.41, 5.74) is 2.34. The fourth-order valence-electron chi connectivity index (χ4n) is 5.54. The highest BCUT2D eigenvalue weighted by atomic mass is 16.4. The monoisotopic (exact) mass is 379 g/mol. The molecule has 2 aliphatic carbocycles. The summed E-state index contributed by atoms with van der Waals surface area (Å²) in [6.45, 7) is 2.17. The van der Waals surface area contributed by atoms with Gasteiger partial charge in [-0.1, -0.05) is 31.5 Å². The van der Waals surface area contributed by atoms with E-state index in [2.05, 4.69) is 6.92 Å². The molecule has 4 rings (SSSR count). The third-order valence-corrected chi connectivity index (χ3v) is 6.69. The van der Waals surface area contributed by atoms with Crippen LogP contribution in [0.3, 0.4) is 0 Å². The minimum absolute atomic E-state index is 0.0310. The van der Waals surface area contributed by atoms with Crippen LogP contribution in [-0.4, -0.2) is 40.1 Å². The Hall–Kier alpha value is -2.82. The van der Waals surface area contributed by atoms with Gasteiger partial charge in [0.1, 0.15) is 5.75 Å². The van der Waals surface area contributed by atoms with E-state index >= 15 is 0 Å². The Labute approximate surface area is 164 Å². The fraction of sp³-hybridized carbons (Fsp3) is 0.391. The van der Waals surface area contributed by atoms with Crippen LogP contribution < -0.4 is 0 Å². The van der Waals surface area contributed by atoms with Crippen molar-refractivity contribution in [3.05, 3.63) is 64.7 Å². The molecule has 0 saturated heterocycles. The van der Waals surface area contributed by atoms with E-state index in [0.717, 1.165) is 31.2 Å². The van der Waals surface area contributed by atoms with Gasteiger partial charge in [-0.25, -0.2) is 4.79 Å². The molecule has 0 radical (unpaired) electrons. The molecule has 0 heterocycles. The molecule has 1 unspecified atom stereocenters. The van der Waals surface area contributed by atoms with E-state index < -0.39 is 5.97 Å². The van der Waals surface area contributed by atoms with Crippen LogP contribution in [0.2, 0.25) is 0 Å². The number of carboxylic acids is 1. The van der Waals surface area contributed by atoms with Gasteiger partial charge in [-0.2, -0.15) is 0 Å². The third kappa shape index (κ3) is 2.77. The number of phenols is 1. The minimum atomic E-state index is -1.09. The normalized spacial score (nSPS) is 25.6. The average molecular weight is 379 g/mol. The number of likely N-dealkylation sites (N-methyl/N-ethyl adjacent to an activating group) is 1. The first-order chi connectivity index (χ1) is 13.3. The van der Waals surface area contributed by atoms with E-state index in [9.17, 15) is 19.8 Å². The van der Waals surface area contributed by atoms with Crippen molar-refractivity contribution in [1.82, 2.24) is 4.90 Å². The van der Waals surface area contributed by atoms with Crippen molar-refractivity contribution in [1.29, 1.82) is 0 Å². The van der Waals surface area contributed by atoms with Crippen molar-refractivity contribution in [2.24, 2.45) is 5.92 Å². The van der Waals surface area contributed by atoms with Crippen LogP contribution in [0.4, 0.5) is 0 Å². The standard InChI is InChI=1S/C23H25NO4/c1-23-11-5-6-15(12-14-9-10-16(25)13-19(14)23)20(23)24(2)21(26)17-7-3-4-8-18(17)22(27)28/h3-4,7-10,13,15,20,25H,5-6,11-12H2,1-2H3,(H,27,28)/t15?,20-,23+/m0/s1. The van der Waals surface area contributed by atoms with Crippen molar-refractivity contribution >= 4 is 11.9 Å². The number of aromatic hydroxyl groups is 1. The lowest BCUT2D eigenvalue weighted by atomic mass is 9.56. The van der Waals surface area contributed by atoms with Gasteiger partial charge in [0.25, 0.3) is 5.91 Å². The molecule has 0 spiro atoms. The van der Waals surface area contributed by atoms with Gasteiger partial charge >= 0.3 is 5.97 Å². The number of phenolic OH excluding ortho intramolecular Hbond substituents is 1. The van der Waals surface area contributed by atoms with Crippen LogP contribution in [0.15, 0.2) is 42.5 Å². The van der Waals surface area contributed by atoms with Crippen LogP contribution in [0, 0.1) is 5.92 Å². The van der Waals surface area contributed by atoms with Gasteiger partial charge in [-0.05, 0) is 60.6 Å². The zero-order valence-electron chi connectivity index (χ0n) is 16.2. The highest BCUT2D eigenvalue weighted by molar-refractivity contribution is 6.04. The number of amides is 1. The van der Waals surface area contributed by atoms with Crippen molar-refractivity contribution in [2.45, 2.75) is 44.1 Å². The molecular formula is C23H25NO4. The second-order valence-electron chi connectivity index (χ2n) is 8.33. The van der Waals surface area contributed by atoms with Gasteiger partial charge in [0.05, 0.1) is 11.1 Å². The molecule has 5 nitrogen and oxygen atoms in total. The van der Waals surface area contributed by atoms with E-state index in [1.54, 1.807) is 36.2 Å². The predicted octanol–water partition coefficient (Wildman–Crippen LogP) is 3.85. The predicted molar refractivity (Wildman–Crippen MR) is 106 cm³/mol. The first kappa shape index (κ1) is 18.5. The van der Waals surface area contributed by atoms with E-state index in [-0.39, 0.29) is 34.2 Å². The van der Waals surface area contributed by atoms with Gasteiger partial charge in [0.2, 0.25) is 0 Å². The van der Waals surface area contributed by atoms with Gasteiger partial charge < -0.3 is 15.1 Å². The van der Waals surface area contributed by atoms with Gasteiger partial charge in [0.15, 0.2) is 0 Å². The quantitative estimate of drug-likeness (QED) is 0.849. The Balaban J connectivity index is 1.76. The van der Waals surface area contributed by atoms with Crippen LogP contribution in [0.1, 0.15) is 58.0 Å². The molecule has 1 fully saturated rings. The van der Waals surface area contributed by atoms with Gasteiger partial charge in [-0.15, -0.1) is 0 Å². The summed E-state index contributed by atoms with van der Waals surface area (Å²) in [5, 5.41) is 19.5. The molecule has 2 aromatic rings. The summed E-state index contributed by atoms with van der Waals surface area (Å²) < 4.78 is 0. The Kier molecular flexibility index (Phi) is 4.41. The number of carbonyl (C=O) groups excluding carboxylic acids is 1.